The number of hydrogen-bond acceptors (Lipinski definition) is 0. The normalized spacial score (nSPS) is 35.4. The number of hydrogen-bond donors (Lipinski definition) is 0. The minimum atomic E-state index is 0.757. The van der Waals surface area contributed by atoms with Crippen LogP contribution in [0.4, 0.5) is 0 Å². The van der Waals surface area contributed by atoms with Gasteiger partial charge in [-0.2, -0.15) is 0 Å². The van der Waals surface area contributed by atoms with Gasteiger partial charge in [0.1, 0.15) is 0 Å². The minimum Gasteiger partial charge on any atom is -0.0651 e. The summed E-state index contributed by atoms with van der Waals surface area (Å²) in [7, 11) is 0. The molecule has 0 aliphatic heterocycles. The van der Waals surface area contributed by atoms with Crippen molar-refractivity contribution in [2.24, 2.45) is 11.8 Å². The monoisotopic (exact) mass is 139 g/mol. The highest BCUT2D eigenvalue weighted by atomic mass is 14.2. The van der Waals surface area contributed by atoms with Gasteiger partial charge in [-0.3, -0.25) is 0 Å². The highest BCUT2D eigenvalue weighted by molar-refractivity contribution is 4.74. The summed E-state index contributed by atoms with van der Waals surface area (Å²) in [6, 6.07) is 0. The van der Waals surface area contributed by atoms with Gasteiger partial charge in [0, 0.05) is 0 Å². The smallest absolute Gasteiger partial charge is 0.0386 e. The fraction of sp³-hybridized carbons (Fsp3) is 0.900. The molecule has 59 valence electrons. The first-order valence-corrected chi connectivity index (χ1v) is 4.67. The first-order valence-electron chi connectivity index (χ1n) is 4.67. The van der Waals surface area contributed by atoms with E-state index in [-0.39, 0.29) is 0 Å². The third kappa shape index (κ3) is 2.00. The van der Waals surface area contributed by atoms with Gasteiger partial charge in [-0.25, -0.2) is 0 Å². The molecule has 1 rings (SSSR count). The Morgan fingerprint density at radius 3 is 2.60 bits per heavy atom. The SMILES string of the molecule is [CH2]C1CCCCCC1CC. The lowest BCUT2D eigenvalue weighted by atomic mass is 9.88. The van der Waals surface area contributed by atoms with Gasteiger partial charge >= 0.3 is 0 Å². The standard InChI is InChI=1S/C10H19/c1-3-10-8-6-4-5-7-9(10)2/h9-10H,2-8H2,1H3. The van der Waals surface area contributed by atoms with Crippen molar-refractivity contribution in [3.63, 3.8) is 0 Å². The summed E-state index contributed by atoms with van der Waals surface area (Å²) in [5.74, 6) is 1.69. The maximum atomic E-state index is 4.21. The Hall–Kier alpha value is 0. The zero-order valence-electron chi connectivity index (χ0n) is 7.10. The Bertz CT molecular complexity index is 86.0. The molecule has 0 bridgehead atoms. The molecule has 0 nitrogen and oxygen atoms in total. The van der Waals surface area contributed by atoms with Crippen molar-refractivity contribution in [1.29, 1.82) is 0 Å². The van der Waals surface area contributed by atoms with Gasteiger partial charge in [0.25, 0.3) is 0 Å². The van der Waals surface area contributed by atoms with E-state index in [0.717, 1.165) is 11.8 Å². The van der Waals surface area contributed by atoms with Gasteiger partial charge in [-0.15, -0.1) is 0 Å². The maximum Gasteiger partial charge on any atom is -0.0386 e. The summed E-state index contributed by atoms with van der Waals surface area (Å²) in [4.78, 5) is 0. The first kappa shape index (κ1) is 8.10. The lowest BCUT2D eigenvalue weighted by Crippen LogP contribution is -2.08. The molecule has 1 aliphatic carbocycles. The van der Waals surface area contributed by atoms with Crippen molar-refractivity contribution < 1.29 is 0 Å². The Labute approximate surface area is 65.0 Å². The lowest BCUT2D eigenvalue weighted by Gasteiger charge is -2.18. The molecular weight excluding hydrogens is 120 g/mol. The summed E-state index contributed by atoms with van der Waals surface area (Å²) in [5, 5.41) is 0. The molecule has 0 heteroatoms. The molecule has 0 amide bonds. The van der Waals surface area contributed by atoms with Crippen LogP contribution in [0.15, 0.2) is 0 Å². The van der Waals surface area contributed by atoms with Gasteiger partial charge in [-0.1, -0.05) is 45.4 Å². The molecule has 10 heavy (non-hydrogen) atoms. The van der Waals surface area contributed by atoms with E-state index in [0.29, 0.717) is 0 Å². The fourth-order valence-corrected chi connectivity index (χ4v) is 2.00. The van der Waals surface area contributed by atoms with Crippen molar-refractivity contribution >= 4 is 0 Å². The van der Waals surface area contributed by atoms with Gasteiger partial charge in [0.2, 0.25) is 0 Å². The third-order valence-corrected chi connectivity index (χ3v) is 2.84. The molecule has 0 heterocycles. The summed E-state index contributed by atoms with van der Waals surface area (Å²) in [5.41, 5.74) is 0. The summed E-state index contributed by atoms with van der Waals surface area (Å²) < 4.78 is 0. The van der Waals surface area contributed by atoms with E-state index in [1.54, 1.807) is 0 Å². The largest absolute Gasteiger partial charge is 0.0651 e. The molecule has 0 aromatic heterocycles. The maximum absolute atomic E-state index is 4.21. The van der Waals surface area contributed by atoms with Gasteiger partial charge in [0.15, 0.2) is 0 Å². The summed E-state index contributed by atoms with van der Waals surface area (Å²) in [6.07, 6.45) is 8.47. The van der Waals surface area contributed by atoms with E-state index >= 15 is 0 Å². The highest BCUT2D eigenvalue weighted by Crippen LogP contribution is 2.29. The molecule has 0 aromatic rings. The van der Waals surface area contributed by atoms with Crippen LogP contribution < -0.4 is 0 Å². The molecular formula is C10H19. The molecule has 0 N–H and O–H groups in total. The highest BCUT2D eigenvalue weighted by Gasteiger charge is 2.17. The van der Waals surface area contributed by atoms with Crippen LogP contribution in [0.2, 0.25) is 0 Å². The van der Waals surface area contributed by atoms with Crippen molar-refractivity contribution in [1.82, 2.24) is 0 Å². The summed E-state index contributed by atoms with van der Waals surface area (Å²) in [6.45, 7) is 6.51. The molecule has 0 aromatic carbocycles. The van der Waals surface area contributed by atoms with Crippen LogP contribution in [0.5, 0.6) is 0 Å². The topological polar surface area (TPSA) is 0 Å². The fourth-order valence-electron chi connectivity index (χ4n) is 2.00. The molecule has 2 unspecified atom stereocenters. The van der Waals surface area contributed by atoms with Crippen molar-refractivity contribution in [2.45, 2.75) is 45.4 Å². The second-order valence-corrected chi connectivity index (χ2v) is 3.57. The van der Waals surface area contributed by atoms with Crippen molar-refractivity contribution in [2.75, 3.05) is 0 Å². The van der Waals surface area contributed by atoms with Crippen LogP contribution in [-0.2, 0) is 0 Å². The predicted molar refractivity (Wildman–Crippen MR) is 45.7 cm³/mol. The van der Waals surface area contributed by atoms with Crippen LogP contribution >= 0.6 is 0 Å². The third-order valence-electron chi connectivity index (χ3n) is 2.84. The number of rotatable bonds is 1. The Morgan fingerprint density at radius 2 is 1.90 bits per heavy atom. The molecule has 1 fully saturated rings. The van der Waals surface area contributed by atoms with Gasteiger partial charge in [-0.05, 0) is 18.8 Å². The van der Waals surface area contributed by atoms with Crippen LogP contribution in [0.3, 0.4) is 0 Å². The first-order chi connectivity index (χ1) is 4.84. The molecule has 2 atom stereocenters. The van der Waals surface area contributed by atoms with Crippen LogP contribution in [0, 0.1) is 18.8 Å². The average Bonchev–Trinajstić information content (AvgIpc) is 2.13. The Balaban J connectivity index is 2.35. The van der Waals surface area contributed by atoms with Crippen molar-refractivity contribution in [3.05, 3.63) is 6.92 Å². The van der Waals surface area contributed by atoms with Crippen molar-refractivity contribution in [3.8, 4) is 0 Å². The minimum absolute atomic E-state index is 0.757. The van der Waals surface area contributed by atoms with Crippen LogP contribution in [0.1, 0.15) is 45.4 Å². The van der Waals surface area contributed by atoms with E-state index in [2.05, 4.69) is 13.8 Å². The lowest BCUT2D eigenvalue weighted by molar-refractivity contribution is 0.359. The molecule has 1 saturated carbocycles. The zero-order chi connectivity index (χ0) is 7.40. The van der Waals surface area contributed by atoms with E-state index in [1.807, 2.05) is 0 Å². The molecule has 1 aliphatic rings. The summed E-state index contributed by atoms with van der Waals surface area (Å²) >= 11 is 0. The second-order valence-electron chi connectivity index (χ2n) is 3.57. The predicted octanol–water partition coefficient (Wildman–Crippen LogP) is 3.43. The average molecular weight is 139 g/mol. The molecule has 0 saturated heterocycles. The molecule has 1 radical (unpaired) electrons. The van der Waals surface area contributed by atoms with E-state index in [1.165, 1.54) is 38.5 Å². The second kappa shape index (κ2) is 4.00. The van der Waals surface area contributed by atoms with Crippen LogP contribution in [0.25, 0.3) is 0 Å². The Kier molecular flexibility index (Phi) is 3.24. The van der Waals surface area contributed by atoms with Gasteiger partial charge < -0.3 is 0 Å². The van der Waals surface area contributed by atoms with E-state index < -0.39 is 0 Å². The molecule has 0 spiro atoms. The van der Waals surface area contributed by atoms with Crippen LogP contribution in [-0.4, -0.2) is 0 Å². The Morgan fingerprint density at radius 1 is 1.20 bits per heavy atom. The van der Waals surface area contributed by atoms with Gasteiger partial charge in [0.05, 0.1) is 0 Å². The van der Waals surface area contributed by atoms with E-state index in [9.17, 15) is 0 Å². The van der Waals surface area contributed by atoms with E-state index in [4.69, 9.17) is 0 Å². The zero-order valence-corrected chi connectivity index (χ0v) is 7.10. The quantitative estimate of drug-likeness (QED) is 0.488.